The maximum absolute atomic E-state index is 2.60. The van der Waals surface area contributed by atoms with Gasteiger partial charge in [-0.3, -0.25) is 0 Å². The van der Waals surface area contributed by atoms with Gasteiger partial charge in [-0.25, -0.2) is 0 Å². The van der Waals surface area contributed by atoms with Gasteiger partial charge in [-0.2, -0.15) is 0 Å². The molecule has 0 spiro atoms. The van der Waals surface area contributed by atoms with Gasteiger partial charge in [0.2, 0.25) is 0 Å². The molecule has 0 radical (unpaired) electrons. The van der Waals surface area contributed by atoms with Crippen molar-refractivity contribution in [1.29, 1.82) is 0 Å². The zero-order valence-electron chi connectivity index (χ0n) is 31.8. The smallest absolute Gasteiger partial charge is 0.0622 e. The van der Waals surface area contributed by atoms with Gasteiger partial charge >= 0.3 is 0 Å². The minimum atomic E-state index is -0.504. The van der Waals surface area contributed by atoms with Crippen LogP contribution in [0.15, 0.2) is 218 Å². The third kappa shape index (κ3) is 3.81. The van der Waals surface area contributed by atoms with E-state index in [1.165, 1.54) is 110 Å². The molecular weight excluding hydrogens is 697 g/mol. The molecule has 0 N–H and O–H groups in total. The molecule has 0 amide bonds. The summed E-state index contributed by atoms with van der Waals surface area (Å²) in [6, 6.07) is 82.5. The van der Waals surface area contributed by atoms with Gasteiger partial charge in [0.05, 0.1) is 10.8 Å². The summed E-state index contributed by atoms with van der Waals surface area (Å²) in [7, 11) is 0. The van der Waals surface area contributed by atoms with Gasteiger partial charge in [-0.05, 0) is 122 Å². The van der Waals surface area contributed by atoms with Crippen molar-refractivity contribution in [3.8, 4) is 22.3 Å². The second kappa shape index (κ2) is 11.6. The lowest BCUT2D eigenvalue weighted by molar-refractivity contribution is 0.769. The molecule has 0 saturated carbocycles. The van der Waals surface area contributed by atoms with Crippen LogP contribution in [0.2, 0.25) is 0 Å². The molecule has 0 aromatic heterocycles. The highest BCUT2D eigenvalue weighted by Gasteiger charge is 2.49. The van der Waals surface area contributed by atoms with Crippen molar-refractivity contribution in [2.24, 2.45) is 0 Å². The highest BCUT2D eigenvalue weighted by atomic mass is 14.5. The van der Waals surface area contributed by atoms with E-state index in [1.54, 1.807) is 0 Å². The molecule has 13 rings (SSSR count). The number of hydrogen-bond acceptors (Lipinski definition) is 0. The van der Waals surface area contributed by atoms with Crippen LogP contribution in [0, 0.1) is 0 Å². The summed E-state index contributed by atoms with van der Waals surface area (Å²) in [6.07, 6.45) is 0. The summed E-state index contributed by atoms with van der Waals surface area (Å²) in [6.45, 7) is 0. The Morgan fingerprint density at radius 3 is 0.897 bits per heavy atom. The highest BCUT2D eigenvalue weighted by molar-refractivity contribution is 6.36. The fraction of sp³-hybridized carbons (Fsp3) is 0.0345. The molecule has 0 atom stereocenters. The monoisotopic (exact) mass is 732 g/mol. The maximum atomic E-state index is 2.60. The number of hydrogen-bond donors (Lipinski definition) is 0. The molecule has 2 aliphatic rings. The normalized spacial score (nSPS) is 14.5. The molecule has 0 aliphatic heterocycles. The molecular formula is C58H36. The number of fused-ring (bicyclic) bond motifs is 10. The first kappa shape index (κ1) is 31.9. The quantitative estimate of drug-likeness (QED) is 0.125. The Balaban J connectivity index is 1.27. The highest BCUT2D eigenvalue weighted by Crippen LogP contribution is 2.62. The van der Waals surface area contributed by atoms with Crippen molar-refractivity contribution in [3.05, 3.63) is 263 Å². The lowest BCUT2D eigenvalue weighted by Gasteiger charge is -2.35. The Morgan fingerprint density at radius 2 is 0.534 bits per heavy atom. The summed E-state index contributed by atoms with van der Waals surface area (Å²) in [5.74, 6) is 0. The standard InChI is InChI=1S/C58H36/c1-5-19-37(20-6-1)57(38-21-7-2-8-22-38)49-33-15-13-27-43(49)55-45-31-17-29-41-42-30-18-32-46-54(42)48(47(53(41)45)35-51(55)57)36-52-56(46)44-28-14-16-34-50(44)58(52,39-23-9-3-10-24-39)40-25-11-4-12-26-40/h1-36H. The van der Waals surface area contributed by atoms with Crippen LogP contribution in [-0.4, -0.2) is 0 Å². The number of rotatable bonds is 4. The van der Waals surface area contributed by atoms with Gasteiger partial charge < -0.3 is 0 Å². The third-order valence-electron chi connectivity index (χ3n) is 13.7. The minimum absolute atomic E-state index is 0.504. The van der Waals surface area contributed by atoms with Crippen molar-refractivity contribution < 1.29 is 0 Å². The molecule has 58 heavy (non-hydrogen) atoms. The molecule has 11 aromatic rings. The van der Waals surface area contributed by atoms with Gasteiger partial charge in [0, 0.05) is 0 Å². The molecule has 0 heterocycles. The second-order valence-corrected chi connectivity index (χ2v) is 16.2. The minimum Gasteiger partial charge on any atom is -0.0622 e. The Bertz CT molecular complexity index is 3100. The third-order valence-corrected chi connectivity index (χ3v) is 13.7. The van der Waals surface area contributed by atoms with E-state index in [4.69, 9.17) is 0 Å². The SMILES string of the molecule is c1ccc(C2(c3ccccc3)c3ccccc3-c3c2cc2c4cc5c(c6cccc(c7cccc3c72)c64)-c2ccccc2C5(c2ccccc2)c2ccccc2)cc1. The first-order valence-electron chi connectivity index (χ1n) is 20.4. The zero-order valence-corrected chi connectivity index (χ0v) is 31.8. The first-order valence-corrected chi connectivity index (χ1v) is 20.4. The lowest BCUT2D eigenvalue weighted by atomic mass is 9.66. The molecule has 0 unspecified atom stereocenters. The van der Waals surface area contributed by atoms with E-state index in [0.29, 0.717) is 0 Å². The van der Waals surface area contributed by atoms with Crippen molar-refractivity contribution in [3.63, 3.8) is 0 Å². The molecule has 268 valence electrons. The van der Waals surface area contributed by atoms with Crippen LogP contribution in [-0.2, 0) is 10.8 Å². The summed E-state index contributed by atoms with van der Waals surface area (Å²) >= 11 is 0. The Hall–Kier alpha value is -7.28. The topological polar surface area (TPSA) is 0 Å². The van der Waals surface area contributed by atoms with E-state index in [2.05, 4.69) is 218 Å². The second-order valence-electron chi connectivity index (χ2n) is 16.2. The van der Waals surface area contributed by atoms with E-state index < -0.39 is 10.8 Å². The maximum Gasteiger partial charge on any atom is 0.0714 e. The molecule has 0 saturated heterocycles. The van der Waals surface area contributed by atoms with Crippen LogP contribution in [0.25, 0.3) is 65.3 Å². The molecule has 0 bridgehead atoms. The fourth-order valence-corrected chi connectivity index (χ4v) is 11.7. The van der Waals surface area contributed by atoms with Gasteiger partial charge in [0.1, 0.15) is 0 Å². The van der Waals surface area contributed by atoms with Crippen LogP contribution in [0.1, 0.15) is 44.5 Å². The van der Waals surface area contributed by atoms with Crippen LogP contribution in [0.3, 0.4) is 0 Å². The zero-order chi connectivity index (χ0) is 38.0. The van der Waals surface area contributed by atoms with E-state index in [-0.39, 0.29) is 0 Å². The van der Waals surface area contributed by atoms with Crippen LogP contribution in [0.5, 0.6) is 0 Å². The molecule has 0 nitrogen and oxygen atoms in total. The molecule has 0 fully saturated rings. The lowest BCUT2D eigenvalue weighted by Crippen LogP contribution is -2.28. The van der Waals surface area contributed by atoms with Gasteiger partial charge in [0.25, 0.3) is 0 Å². The predicted octanol–water partition coefficient (Wildman–Crippen LogP) is 14.5. The van der Waals surface area contributed by atoms with E-state index in [0.717, 1.165) is 0 Å². The summed E-state index contributed by atoms with van der Waals surface area (Å²) in [5.41, 5.74) is 14.8. The average Bonchev–Trinajstić information content (AvgIpc) is 3.78. The molecule has 11 aromatic carbocycles. The van der Waals surface area contributed by atoms with Crippen molar-refractivity contribution in [2.45, 2.75) is 10.8 Å². The van der Waals surface area contributed by atoms with E-state index in [9.17, 15) is 0 Å². The summed E-state index contributed by atoms with van der Waals surface area (Å²) in [4.78, 5) is 0. The number of benzene rings is 11. The first-order chi connectivity index (χ1) is 28.8. The molecule has 0 heteroatoms. The Morgan fingerprint density at radius 1 is 0.224 bits per heavy atom. The fourth-order valence-electron chi connectivity index (χ4n) is 11.7. The van der Waals surface area contributed by atoms with Crippen molar-refractivity contribution >= 4 is 43.1 Å². The Kier molecular flexibility index (Phi) is 6.39. The van der Waals surface area contributed by atoms with E-state index >= 15 is 0 Å². The summed E-state index contributed by atoms with van der Waals surface area (Å²) < 4.78 is 0. The van der Waals surface area contributed by atoms with Gasteiger partial charge in [0.15, 0.2) is 0 Å². The van der Waals surface area contributed by atoms with E-state index in [1.807, 2.05) is 0 Å². The van der Waals surface area contributed by atoms with Crippen LogP contribution in [0.4, 0.5) is 0 Å². The van der Waals surface area contributed by atoms with Gasteiger partial charge in [-0.1, -0.05) is 206 Å². The largest absolute Gasteiger partial charge is 0.0714 e. The van der Waals surface area contributed by atoms with Crippen molar-refractivity contribution in [2.75, 3.05) is 0 Å². The van der Waals surface area contributed by atoms with Crippen LogP contribution >= 0.6 is 0 Å². The molecule has 2 aliphatic carbocycles. The van der Waals surface area contributed by atoms with Gasteiger partial charge in [-0.15, -0.1) is 0 Å². The average molecular weight is 733 g/mol. The van der Waals surface area contributed by atoms with Crippen molar-refractivity contribution in [1.82, 2.24) is 0 Å². The summed E-state index contributed by atoms with van der Waals surface area (Å²) in [5, 5.41) is 10.6. The Labute approximate surface area is 337 Å². The predicted molar refractivity (Wildman–Crippen MR) is 242 cm³/mol. The van der Waals surface area contributed by atoms with Crippen LogP contribution < -0.4 is 0 Å².